The first-order valence-corrected chi connectivity index (χ1v) is 6.96. The molecule has 0 bridgehead atoms. The van der Waals surface area contributed by atoms with E-state index in [2.05, 4.69) is 28.3 Å². The van der Waals surface area contributed by atoms with Crippen molar-refractivity contribution < 1.29 is 5.11 Å². The fraction of sp³-hybridized carbons (Fsp3) is 0.375. The standard InChI is InChI=1S/C16H21N3O/c1-13(4-5-14-3-2-8-18-11-14)19-12-16(20)15-6-9-17-10-7-15/h2-3,6-11,13,16,19-20H,4-5,12H2,1H3. The topological polar surface area (TPSA) is 58.0 Å². The average Bonchev–Trinajstić information content (AvgIpc) is 2.52. The quantitative estimate of drug-likeness (QED) is 0.810. The summed E-state index contributed by atoms with van der Waals surface area (Å²) >= 11 is 0. The van der Waals surface area contributed by atoms with Crippen molar-refractivity contribution in [2.75, 3.05) is 6.54 Å². The third kappa shape index (κ3) is 4.72. The smallest absolute Gasteiger partial charge is 0.0915 e. The van der Waals surface area contributed by atoms with Crippen molar-refractivity contribution in [1.82, 2.24) is 15.3 Å². The summed E-state index contributed by atoms with van der Waals surface area (Å²) in [4.78, 5) is 8.06. The van der Waals surface area contributed by atoms with E-state index in [-0.39, 0.29) is 0 Å². The number of hydrogen-bond acceptors (Lipinski definition) is 4. The monoisotopic (exact) mass is 271 g/mol. The zero-order valence-electron chi connectivity index (χ0n) is 11.7. The van der Waals surface area contributed by atoms with Crippen LogP contribution in [0.25, 0.3) is 0 Å². The lowest BCUT2D eigenvalue weighted by Gasteiger charge is -2.17. The minimum absolute atomic E-state index is 0.353. The van der Waals surface area contributed by atoms with Gasteiger partial charge in [-0.25, -0.2) is 0 Å². The highest BCUT2D eigenvalue weighted by Crippen LogP contribution is 2.10. The van der Waals surface area contributed by atoms with E-state index < -0.39 is 6.10 Å². The second kappa shape index (κ2) is 7.72. The molecule has 0 saturated heterocycles. The highest BCUT2D eigenvalue weighted by atomic mass is 16.3. The molecule has 0 amide bonds. The zero-order chi connectivity index (χ0) is 14.2. The summed E-state index contributed by atoms with van der Waals surface area (Å²) < 4.78 is 0. The molecular formula is C16H21N3O. The molecule has 4 nitrogen and oxygen atoms in total. The molecule has 0 saturated carbocycles. The van der Waals surface area contributed by atoms with Gasteiger partial charge in [0, 0.05) is 37.4 Å². The summed E-state index contributed by atoms with van der Waals surface area (Å²) in [5.74, 6) is 0. The van der Waals surface area contributed by atoms with Crippen LogP contribution in [-0.4, -0.2) is 27.7 Å². The minimum Gasteiger partial charge on any atom is -0.387 e. The van der Waals surface area contributed by atoms with Crippen LogP contribution >= 0.6 is 0 Å². The first kappa shape index (κ1) is 14.6. The molecule has 0 radical (unpaired) electrons. The fourth-order valence-electron chi connectivity index (χ4n) is 2.05. The molecule has 2 N–H and O–H groups in total. The van der Waals surface area contributed by atoms with Gasteiger partial charge >= 0.3 is 0 Å². The van der Waals surface area contributed by atoms with E-state index in [1.165, 1.54) is 5.56 Å². The van der Waals surface area contributed by atoms with E-state index in [0.717, 1.165) is 18.4 Å². The average molecular weight is 271 g/mol. The Labute approximate surface area is 119 Å². The molecule has 20 heavy (non-hydrogen) atoms. The first-order valence-electron chi connectivity index (χ1n) is 6.96. The van der Waals surface area contributed by atoms with Gasteiger partial charge in [-0.05, 0) is 49.1 Å². The van der Waals surface area contributed by atoms with E-state index in [1.54, 1.807) is 18.6 Å². The van der Waals surface area contributed by atoms with Gasteiger partial charge in [0.05, 0.1) is 6.10 Å². The summed E-state index contributed by atoms with van der Waals surface area (Å²) in [6, 6.07) is 8.08. The Hall–Kier alpha value is -1.78. The van der Waals surface area contributed by atoms with E-state index in [0.29, 0.717) is 12.6 Å². The maximum Gasteiger partial charge on any atom is 0.0915 e. The van der Waals surface area contributed by atoms with E-state index in [9.17, 15) is 5.11 Å². The number of nitrogens with one attached hydrogen (secondary N) is 1. The molecule has 0 aromatic carbocycles. The van der Waals surface area contributed by atoms with Crippen LogP contribution in [0, 0.1) is 0 Å². The van der Waals surface area contributed by atoms with Gasteiger partial charge in [-0.2, -0.15) is 0 Å². The van der Waals surface area contributed by atoms with Crippen LogP contribution in [0.2, 0.25) is 0 Å². The first-order chi connectivity index (χ1) is 9.75. The highest BCUT2D eigenvalue weighted by molar-refractivity contribution is 5.13. The lowest BCUT2D eigenvalue weighted by Crippen LogP contribution is -2.30. The largest absolute Gasteiger partial charge is 0.387 e. The third-order valence-corrected chi connectivity index (χ3v) is 3.34. The number of pyridine rings is 2. The summed E-state index contributed by atoms with van der Waals surface area (Å²) in [6.07, 6.45) is 8.62. The van der Waals surface area contributed by atoms with Crippen LogP contribution < -0.4 is 5.32 Å². The summed E-state index contributed by atoms with van der Waals surface area (Å²) in [7, 11) is 0. The SMILES string of the molecule is CC(CCc1cccnc1)NCC(O)c1ccncc1. The number of nitrogens with zero attached hydrogens (tertiary/aromatic N) is 2. The Bertz CT molecular complexity index is 490. The van der Waals surface area contributed by atoms with Crippen molar-refractivity contribution in [3.63, 3.8) is 0 Å². The van der Waals surface area contributed by atoms with Crippen LogP contribution in [0.1, 0.15) is 30.6 Å². The van der Waals surface area contributed by atoms with E-state index in [1.807, 2.05) is 24.4 Å². The summed E-state index contributed by atoms with van der Waals surface area (Å²) in [5, 5.41) is 13.4. The Morgan fingerprint density at radius 2 is 1.95 bits per heavy atom. The summed E-state index contributed by atoms with van der Waals surface area (Å²) in [6.45, 7) is 2.69. The lowest BCUT2D eigenvalue weighted by molar-refractivity contribution is 0.170. The van der Waals surface area contributed by atoms with Crippen molar-refractivity contribution in [2.24, 2.45) is 0 Å². The molecule has 0 aliphatic carbocycles. The molecule has 2 unspecified atom stereocenters. The molecular weight excluding hydrogens is 250 g/mol. The molecule has 106 valence electrons. The van der Waals surface area contributed by atoms with Gasteiger partial charge in [0.1, 0.15) is 0 Å². The van der Waals surface area contributed by atoms with Crippen molar-refractivity contribution in [1.29, 1.82) is 0 Å². The van der Waals surface area contributed by atoms with Crippen LogP contribution in [0.4, 0.5) is 0 Å². The maximum absolute atomic E-state index is 10.1. The van der Waals surface area contributed by atoms with Crippen LogP contribution in [0.15, 0.2) is 49.1 Å². The van der Waals surface area contributed by atoms with Gasteiger partial charge in [-0.1, -0.05) is 6.07 Å². The van der Waals surface area contributed by atoms with E-state index >= 15 is 0 Å². The van der Waals surface area contributed by atoms with Crippen molar-refractivity contribution in [3.05, 3.63) is 60.2 Å². The Kier molecular flexibility index (Phi) is 5.65. The number of rotatable bonds is 7. The highest BCUT2D eigenvalue weighted by Gasteiger charge is 2.09. The molecule has 0 fully saturated rings. The Balaban J connectivity index is 1.71. The van der Waals surface area contributed by atoms with Crippen molar-refractivity contribution in [3.8, 4) is 0 Å². The molecule has 2 rings (SSSR count). The predicted molar refractivity (Wildman–Crippen MR) is 79.2 cm³/mol. The maximum atomic E-state index is 10.1. The van der Waals surface area contributed by atoms with Gasteiger partial charge < -0.3 is 10.4 Å². The third-order valence-electron chi connectivity index (χ3n) is 3.34. The molecule has 4 heteroatoms. The fourth-order valence-corrected chi connectivity index (χ4v) is 2.05. The number of aromatic nitrogens is 2. The Morgan fingerprint density at radius 1 is 1.15 bits per heavy atom. The second-order valence-electron chi connectivity index (χ2n) is 5.01. The Morgan fingerprint density at radius 3 is 2.65 bits per heavy atom. The molecule has 0 aliphatic heterocycles. The molecule has 2 aromatic rings. The molecule has 0 aliphatic rings. The van der Waals surface area contributed by atoms with Crippen LogP contribution in [-0.2, 0) is 6.42 Å². The van der Waals surface area contributed by atoms with E-state index in [4.69, 9.17) is 0 Å². The second-order valence-corrected chi connectivity index (χ2v) is 5.01. The number of hydrogen-bond donors (Lipinski definition) is 2. The molecule has 0 spiro atoms. The normalized spacial score (nSPS) is 13.9. The number of aliphatic hydroxyl groups excluding tert-OH is 1. The lowest BCUT2D eigenvalue weighted by atomic mass is 10.1. The van der Waals surface area contributed by atoms with Gasteiger partial charge in [0.2, 0.25) is 0 Å². The number of aliphatic hydroxyl groups is 1. The molecule has 2 aromatic heterocycles. The minimum atomic E-state index is -0.487. The van der Waals surface area contributed by atoms with Gasteiger partial charge in [0.25, 0.3) is 0 Å². The van der Waals surface area contributed by atoms with Crippen molar-refractivity contribution >= 4 is 0 Å². The summed E-state index contributed by atoms with van der Waals surface area (Å²) in [5.41, 5.74) is 2.14. The molecule has 2 heterocycles. The van der Waals surface area contributed by atoms with Crippen LogP contribution in [0.3, 0.4) is 0 Å². The molecule has 2 atom stereocenters. The van der Waals surface area contributed by atoms with Crippen LogP contribution in [0.5, 0.6) is 0 Å². The van der Waals surface area contributed by atoms with Gasteiger partial charge in [-0.15, -0.1) is 0 Å². The van der Waals surface area contributed by atoms with Crippen molar-refractivity contribution in [2.45, 2.75) is 31.9 Å². The van der Waals surface area contributed by atoms with Gasteiger partial charge in [0.15, 0.2) is 0 Å². The number of aryl methyl sites for hydroxylation is 1. The van der Waals surface area contributed by atoms with Gasteiger partial charge in [-0.3, -0.25) is 9.97 Å². The predicted octanol–water partition coefficient (Wildman–Crippen LogP) is 2.12. The zero-order valence-corrected chi connectivity index (χ0v) is 11.7.